The molecular weight excluding hydrogens is 392 g/mol. The van der Waals surface area contributed by atoms with E-state index in [9.17, 15) is 14.4 Å². The number of nitrogens with one attached hydrogen (secondary N) is 2. The Morgan fingerprint density at radius 3 is 2.35 bits per heavy atom. The molecule has 0 spiro atoms. The standard InChI is InChI=1S/C25H22N2O4/c1-18(28)31-23-9-5-8-21(16-23)25(30)26-17-20-10-13-22(14-11-20)27-24(29)15-12-19-6-3-2-4-7-19/h2-16H,17H2,1H3,(H,26,30)(H,27,29)/b15-12+. The summed E-state index contributed by atoms with van der Waals surface area (Å²) in [6, 6.07) is 23.2. The first-order valence-corrected chi connectivity index (χ1v) is 9.69. The summed E-state index contributed by atoms with van der Waals surface area (Å²) < 4.78 is 5.00. The third-order valence-electron chi connectivity index (χ3n) is 4.26. The van der Waals surface area contributed by atoms with E-state index in [0.717, 1.165) is 11.1 Å². The smallest absolute Gasteiger partial charge is 0.308 e. The van der Waals surface area contributed by atoms with E-state index in [1.807, 2.05) is 42.5 Å². The zero-order valence-corrected chi connectivity index (χ0v) is 17.0. The Hall–Kier alpha value is -4.19. The Balaban J connectivity index is 1.51. The molecule has 0 aliphatic carbocycles. The van der Waals surface area contributed by atoms with Gasteiger partial charge in [-0.2, -0.15) is 0 Å². The molecule has 3 aromatic rings. The fraction of sp³-hybridized carbons (Fsp3) is 0.0800. The summed E-state index contributed by atoms with van der Waals surface area (Å²) >= 11 is 0. The van der Waals surface area contributed by atoms with Gasteiger partial charge in [0.15, 0.2) is 0 Å². The van der Waals surface area contributed by atoms with Crippen molar-refractivity contribution in [3.63, 3.8) is 0 Å². The average Bonchev–Trinajstić information content (AvgIpc) is 2.77. The second-order valence-electron chi connectivity index (χ2n) is 6.73. The maximum atomic E-state index is 12.3. The molecule has 0 radical (unpaired) electrons. The summed E-state index contributed by atoms with van der Waals surface area (Å²) in [7, 11) is 0. The zero-order chi connectivity index (χ0) is 22.1. The first kappa shape index (κ1) is 21.5. The lowest BCUT2D eigenvalue weighted by Crippen LogP contribution is -2.22. The maximum absolute atomic E-state index is 12.3. The minimum absolute atomic E-state index is 0.224. The first-order chi connectivity index (χ1) is 15.0. The van der Waals surface area contributed by atoms with E-state index in [-0.39, 0.29) is 11.8 Å². The van der Waals surface area contributed by atoms with E-state index in [4.69, 9.17) is 4.74 Å². The molecule has 0 aliphatic rings. The summed E-state index contributed by atoms with van der Waals surface area (Å²) in [5.41, 5.74) is 2.88. The highest BCUT2D eigenvalue weighted by Gasteiger charge is 2.08. The van der Waals surface area contributed by atoms with Crippen molar-refractivity contribution in [2.24, 2.45) is 0 Å². The van der Waals surface area contributed by atoms with Gasteiger partial charge in [0.2, 0.25) is 5.91 Å². The van der Waals surface area contributed by atoms with E-state index in [0.29, 0.717) is 23.5 Å². The minimum Gasteiger partial charge on any atom is -0.427 e. The summed E-state index contributed by atoms with van der Waals surface area (Å²) in [5.74, 6) is -0.628. The second-order valence-corrected chi connectivity index (χ2v) is 6.73. The van der Waals surface area contributed by atoms with E-state index in [2.05, 4.69) is 10.6 Å². The van der Waals surface area contributed by atoms with Gasteiger partial charge in [0, 0.05) is 30.8 Å². The first-order valence-electron chi connectivity index (χ1n) is 9.69. The molecule has 0 aromatic heterocycles. The molecule has 6 nitrogen and oxygen atoms in total. The van der Waals surface area contributed by atoms with Crippen molar-refractivity contribution in [3.8, 4) is 5.75 Å². The van der Waals surface area contributed by atoms with Crippen molar-refractivity contribution in [1.29, 1.82) is 0 Å². The van der Waals surface area contributed by atoms with Gasteiger partial charge in [-0.3, -0.25) is 14.4 Å². The molecule has 0 saturated carbocycles. The predicted molar refractivity (Wildman–Crippen MR) is 119 cm³/mol. The van der Waals surface area contributed by atoms with Crippen molar-refractivity contribution < 1.29 is 19.1 Å². The topological polar surface area (TPSA) is 84.5 Å². The SMILES string of the molecule is CC(=O)Oc1cccc(C(=O)NCc2ccc(NC(=O)/C=C/c3ccccc3)cc2)c1. The third kappa shape index (κ3) is 6.97. The minimum atomic E-state index is -0.444. The van der Waals surface area contributed by atoms with Crippen LogP contribution in [0.4, 0.5) is 5.69 Å². The molecule has 0 fully saturated rings. The number of hydrogen-bond donors (Lipinski definition) is 2. The van der Waals surface area contributed by atoms with Crippen molar-refractivity contribution >= 4 is 29.5 Å². The van der Waals surface area contributed by atoms with Crippen LogP contribution in [0.15, 0.2) is 84.9 Å². The van der Waals surface area contributed by atoms with Gasteiger partial charge in [-0.05, 0) is 47.5 Å². The molecule has 31 heavy (non-hydrogen) atoms. The van der Waals surface area contributed by atoms with Crippen molar-refractivity contribution in [2.45, 2.75) is 13.5 Å². The van der Waals surface area contributed by atoms with Crippen LogP contribution in [0, 0.1) is 0 Å². The number of rotatable bonds is 7. The second kappa shape index (κ2) is 10.5. The fourth-order valence-electron chi connectivity index (χ4n) is 2.78. The van der Waals surface area contributed by atoms with Crippen LogP contribution >= 0.6 is 0 Å². The van der Waals surface area contributed by atoms with Crippen LogP contribution in [0.3, 0.4) is 0 Å². The maximum Gasteiger partial charge on any atom is 0.308 e. The number of hydrogen-bond acceptors (Lipinski definition) is 4. The number of carbonyl (C=O) groups excluding carboxylic acids is 3. The van der Waals surface area contributed by atoms with Gasteiger partial charge in [-0.1, -0.05) is 48.5 Å². The summed E-state index contributed by atoms with van der Waals surface area (Å²) in [5, 5.41) is 5.61. The van der Waals surface area contributed by atoms with Crippen LogP contribution in [0.5, 0.6) is 5.75 Å². The van der Waals surface area contributed by atoms with Gasteiger partial charge < -0.3 is 15.4 Å². The fourth-order valence-corrected chi connectivity index (χ4v) is 2.78. The summed E-state index contributed by atoms with van der Waals surface area (Å²) in [4.78, 5) is 35.4. The predicted octanol–water partition coefficient (Wildman–Crippen LogP) is 4.19. The number of ether oxygens (including phenoxy) is 1. The van der Waals surface area contributed by atoms with Crippen molar-refractivity contribution in [2.75, 3.05) is 5.32 Å². The summed E-state index contributed by atoms with van der Waals surface area (Å²) in [6.45, 7) is 1.62. The van der Waals surface area contributed by atoms with Gasteiger partial charge >= 0.3 is 5.97 Å². The number of amides is 2. The molecule has 6 heteroatoms. The molecule has 0 unspecified atom stereocenters. The number of benzene rings is 3. The van der Waals surface area contributed by atoms with Crippen LogP contribution in [-0.2, 0) is 16.1 Å². The van der Waals surface area contributed by atoms with E-state index in [1.54, 1.807) is 36.4 Å². The molecule has 156 valence electrons. The summed E-state index contributed by atoms with van der Waals surface area (Å²) in [6.07, 6.45) is 3.23. The molecule has 0 saturated heterocycles. The van der Waals surface area contributed by atoms with Gasteiger partial charge in [-0.15, -0.1) is 0 Å². The lowest BCUT2D eigenvalue weighted by Gasteiger charge is -2.08. The number of carbonyl (C=O) groups is 3. The Kier molecular flexibility index (Phi) is 7.32. The zero-order valence-electron chi connectivity index (χ0n) is 17.0. The lowest BCUT2D eigenvalue weighted by molar-refractivity contribution is -0.131. The highest BCUT2D eigenvalue weighted by molar-refractivity contribution is 6.01. The van der Waals surface area contributed by atoms with Gasteiger partial charge in [-0.25, -0.2) is 0 Å². The van der Waals surface area contributed by atoms with Crippen molar-refractivity contribution in [3.05, 3.63) is 102 Å². The Labute approximate surface area is 180 Å². The highest BCUT2D eigenvalue weighted by Crippen LogP contribution is 2.14. The molecule has 3 aromatic carbocycles. The monoisotopic (exact) mass is 414 g/mol. The van der Waals surface area contributed by atoms with E-state index in [1.165, 1.54) is 19.1 Å². The van der Waals surface area contributed by atoms with Gasteiger partial charge in [0.1, 0.15) is 5.75 Å². The van der Waals surface area contributed by atoms with Gasteiger partial charge in [0.05, 0.1) is 0 Å². The largest absolute Gasteiger partial charge is 0.427 e. The Morgan fingerprint density at radius 1 is 0.903 bits per heavy atom. The third-order valence-corrected chi connectivity index (χ3v) is 4.26. The molecule has 0 bridgehead atoms. The average molecular weight is 414 g/mol. The Bertz CT molecular complexity index is 1090. The van der Waals surface area contributed by atoms with Gasteiger partial charge in [0.25, 0.3) is 5.91 Å². The van der Waals surface area contributed by atoms with Crippen LogP contribution < -0.4 is 15.4 Å². The van der Waals surface area contributed by atoms with E-state index < -0.39 is 5.97 Å². The van der Waals surface area contributed by atoms with E-state index >= 15 is 0 Å². The quantitative estimate of drug-likeness (QED) is 0.345. The van der Waals surface area contributed by atoms with Crippen molar-refractivity contribution in [1.82, 2.24) is 5.32 Å². The molecule has 3 rings (SSSR count). The molecule has 0 aliphatic heterocycles. The van der Waals surface area contributed by atoms with Crippen LogP contribution in [0.25, 0.3) is 6.08 Å². The molecule has 2 amide bonds. The number of esters is 1. The van der Waals surface area contributed by atoms with Crippen LogP contribution in [-0.4, -0.2) is 17.8 Å². The highest BCUT2D eigenvalue weighted by atomic mass is 16.5. The molecule has 0 atom stereocenters. The van der Waals surface area contributed by atoms with Crippen LogP contribution in [0.2, 0.25) is 0 Å². The molecular formula is C25H22N2O4. The number of anilines is 1. The molecule has 2 N–H and O–H groups in total. The molecule has 0 heterocycles. The normalized spacial score (nSPS) is 10.5. The van der Waals surface area contributed by atoms with Crippen LogP contribution in [0.1, 0.15) is 28.4 Å². The lowest BCUT2D eigenvalue weighted by atomic mass is 10.1. The Morgan fingerprint density at radius 2 is 1.65 bits per heavy atom.